The summed E-state index contributed by atoms with van der Waals surface area (Å²) in [5, 5.41) is 7.18. The number of hydrogen-bond donors (Lipinski definition) is 1. The molecule has 0 spiro atoms. The molecular formula is C19H22N4O. The zero-order chi connectivity index (χ0) is 17.5. The van der Waals surface area contributed by atoms with Crippen molar-refractivity contribution in [3.8, 4) is 0 Å². The minimum Gasteiger partial charge on any atom is -0.322 e. The third kappa shape index (κ3) is 3.02. The van der Waals surface area contributed by atoms with E-state index in [1.165, 1.54) is 5.56 Å². The Kier molecular flexibility index (Phi) is 3.87. The highest BCUT2D eigenvalue weighted by molar-refractivity contribution is 6.08. The summed E-state index contributed by atoms with van der Waals surface area (Å²) in [6.45, 7) is 10.3. The number of rotatable bonds is 2. The molecule has 3 aromatic rings. The molecule has 0 radical (unpaired) electrons. The number of aromatic nitrogens is 3. The lowest BCUT2D eigenvalue weighted by atomic mass is 9.87. The van der Waals surface area contributed by atoms with Crippen molar-refractivity contribution in [3.63, 3.8) is 0 Å². The van der Waals surface area contributed by atoms with Crippen LogP contribution in [0.4, 0.5) is 5.69 Å². The first kappa shape index (κ1) is 16.2. The van der Waals surface area contributed by atoms with E-state index in [0.29, 0.717) is 11.2 Å². The Hall–Kier alpha value is -2.69. The van der Waals surface area contributed by atoms with Gasteiger partial charge in [-0.3, -0.25) is 4.79 Å². The number of fused-ring (bicyclic) bond motifs is 1. The van der Waals surface area contributed by atoms with Crippen molar-refractivity contribution < 1.29 is 4.79 Å². The molecule has 0 aliphatic heterocycles. The van der Waals surface area contributed by atoms with Gasteiger partial charge in [-0.15, -0.1) is 0 Å². The van der Waals surface area contributed by atoms with E-state index in [1.54, 1.807) is 10.7 Å². The Morgan fingerprint density at radius 1 is 1.12 bits per heavy atom. The van der Waals surface area contributed by atoms with Crippen LogP contribution >= 0.6 is 0 Å². The van der Waals surface area contributed by atoms with Gasteiger partial charge in [-0.1, -0.05) is 32.9 Å². The lowest BCUT2D eigenvalue weighted by Gasteiger charge is -2.19. The average molecular weight is 322 g/mol. The van der Waals surface area contributed by atoms with Crippen LogP contribution in [0.3, 0.4) is 0 Å². The molecule has 0 atom stereocenters. The molecule has 0 aliphatic carbocycles. The normalized spacial score (nSPS) is 11.7. The number of amides is 1. The van der Waals surface area contributed by atoms with E-state index in [4.69, 9.17) is 0 Å². The summed E-state index contributed by atoms with van der Waals surface area (Å²) in [7, 11) is 0. The standard InChI is InChI=1S/C19H22N4O/c1-12-10-13(2)23-17(21-12)16(11-20-23)18(24)22-15-8-6-14(7-9-15)19(3,4)5/h6-11H,1-5H3,(H,22,24). The second-order valence-electron chi connectivity index (χ2n) is 7.11. The number of hydrogen-bond acceptors (Lipinski definition) is 3. The molecule has 3 rings (SSSR count). The van der Waals surface area contributed by atoms with E-state index in [0.717, 1.165) is 17.1 Å². The van der Waals surface area contributed by atoms with Gasteiger partial charge in [0.1, 0.15) is 5.56 Å². The second kappa shape index (κ2) is 5.74. The van der Waals surface area contributed by atoms with E-state index in [9.17, 15) is 4.79 Å². The van der Waals surface area contributed by atoms with Crippen LogP contribution in [-0.2, 0) is 5.41 Å². The first-order valence-electron chi connectivity index (χ1n) is 7.99. The molecule has 124 valence electrons. The summed E-state index contributed by atoms with van der Waals surface area (Å²) in [5.41, 5.74) is 4.94. The third-order valence-corrected chi connectivity index (χ3v) is 4.03. The summed E-state index contributed by atoms with van der Waals surface area (Å²) >= 11 is 0. The number of carbonyl (C=O) groups is 1. The van der Waals surface area contributed by atoms with Gasteiger partial charge in [0.25, 0.3) is 5.91 Å². The maximum absolute atomic E-state index is 12.6. The summed E-state index contributed by atoms with van der Waals surface area (Å²) < 4.78 is 1.69. The monoisotopic (exact) mass is 322 g/mol. The van der Waals surface area contributed by atoms with Gasteiger partial charge in [0.2, 0.25) is 0 Å². The summed E-state index contributed by atoms with van der Waals surface area (Å²) in [4.78, 5) is 17.0. The Labute approximate surface area is 141 Å². The van der Waals surface area contributed by atoms with E-state index < -0.39 is 0 Å². The fraction of sp³-hybridized carbons (Fsp3) is 0.316. The zero-order valence-corrected chi connectivity index (χ0v) is 14.7. The maximum Gasteiger partial charge on any atom is 0.261 e. The zero-order valence-electron chi connectivity index (χ0n) is 14.7. The third-order valence-electron chi connectivity index (χ3n) is 4.03. The highest BCUT2D eigenvalue weighted by Crippen LogP contribution is 2.24. The van der Waals surface area contributed by atoms with Crippen molar-refractivity contribution in [1.29, 1.82) is 0 Å². The molecule has 2 aromatic heterocycles. The SMILES string of the molecule is Cc1cc(C)n2ncc(C(=O)Nc3ccc(C(C)(C)C)cc3)c2n1. The van der Waals surface area contributed by atoms with Crippen LogP contribution < -0.4 is 5.32 Å². The molecule has 1 aromatic carbocycles. The van der Waals surface area contributed by atoms with E-state index >= 15 is 0 Å². The molecule has 0 saturated heterocycles. The van der Waals surface area contributed by atoms with Crippen LogP contribution in [0.5, 0.6) is 0 Å². The topological polar surface area (TPSA) is 59.3 Å². The largest absolute Gasteiger partial charge is 0.322 e. The molecule has 1 amide bonds. The summed E-state index contributed by atoms with van der Waals surface area (Å²) in [5.74, 6) is -0.203. The minimum atomic E-state index is -0.203. The molecule has 2 heterocycles. The smallest absolute Gasteiger partial charge is 0.261 e. The number of benzene rings is 1. The van der Waals surface area contributed by atoms with Gasteiger partial charge in [0.05, 0.1) is 6.20 Å². The van der Waals surface area contributed by atoms with Crippen molar-refractivity contribution in [2.24, 2.45) is 0 Å². The fourth-order valence-electron chi connectivity index (χ4n) is 2.68. The summed E-state index contributed by atoms with van der Waals surface area (Å²) in [6.07, 6.45) is 1.56. The molecular weight excluding hydrogens is 300 g/mol. The van der Waals surface area contributed by atoms with Crippen LogP contribution in [0.1, 0.15) is 48.1 Å². The van der Waals surface area contributed by atoms with Gasteiger partial charge in [0, 0.05) is 17.1 Å². The quantitative estimate of drug-likeness (QED) is 0.778. The second-order valence-corrected chi connectivity index (χ2v) is 7.11. The lowest BCUT2D eigenvalue weighted by molar-refractivity contribution is 0.102. The number of nitrogens with zero attached hydrogens (tertiary/aromatic N) is 3. The Morgan fingerprint density at radius 3 is 2.42 bits per heavy atom. The first-order chi connectivity index (χ1) is 11.3. The highest BCUT2D eigenvalue weighted by Gasteiger charge is 2.17. The van der Waals surface area contributed by atoms with Crippen molar-refractivity contribution >= 4 is 17.2 Å². The van der Waals surface area contributed by atoms with E-state index in [2.05, 4.69) is 36.2 Å². The van der Waals surface area contributed by atoms with E-state index in [-0.39, 0.29) is 11.3 Å². The predicted molar refractivity (Wildman–Crippen MR) is 95.6 cm³/mol. The van der Waals surface area contributed by atoms with Gasteiger partial charge in [-0.25, -0.2) is 9.50 Å². The van der Waals surface area contributed by atoms with Crippen LogP contribution in [-0.4, -0.2) is 20.5 Å². The van der Waals surface area contributed by atoms with Crippen molar-refractivity contribution in [1.82, 2.24) is 14.6 Å². The lowest BCUT2D eigenvalue weighted by Crippen LogP contribution is -2.14. The number of aryl methyl sites for hydroxylation is 2. The van der Waals surface area contributed by atoms with Crippen LogP contribution in [0.25, 0.3) is 5.65 Å². The molecule has 0 unspecified atom stereocenters. The molecule has 0 aliphatic rings. The number of nitrogens with one attached hydrogen (secondary N) is 1. The molecule has 0 bridgehead atoms. The molecule has 5 heteroatoms. The van der Waals surface area contributed by atoms with Gasteiger partial charge in [0.15, 0.2) is 5.65 Å². The van der Waals surface area contributed by atoms with Crippen molar-refractivity contribution in [2.45, 2.75) is 40.0 Å². The van der Waals surface area contributed by atoms with Gasteiger partial charge in [-0.05, 0) is 43.0 Å². The molecule has 5 nitrogen and oxygen atoms in total. The predicted octanol–water partition coefficient (Wildman–Crippen LogP) is 3.90. The Balaban J connectivity index is 1.88. The first-order valence-corrected chi connectivity index (χ1v) is 7.99. The van der Waals surface area contributed by atoms with Crippen LogP contribution in [0, 0.1) is 13.8 Å². The fourth-order valence-corrected chi connectivity index (χ4v) is 2.68. The van der Waals surface area contributed by atoms with Gasteiger partial charge < -0.3 is 5.32 Å². The highest BCUT2D eigenvalue weighted by atomic mass is 16.1. The van der Waals surface area contributed by atoms with E-state index in [1.807, 2.05) is 44.2 Å². The van der Waals surface area contributed by atoms with Crippen molar-refractivity contribution in [2.75, 3.05) is 5.32 Å². The Morgan fingerprint density at radius 2 is 1.79 bits per heavy atom. The average Bonchev–Trinajstić information content (AvgIpc) is 2.91. The Bertz CT molecular complexity index is 902. The summed E-state index contributed by atoms with van der Waals surface area (Å²) in [6, 6.07) is 9.87. The molecule has 1 N–H and O–H groups in total. The minimum absolute atomic E-state index is 0.0873. The van der Waals surface area contributed by atoms with Crippen molar-refractivity contribution in [3.05, 3.63) is 59.0 Å². The molecule has 24 heavy (non-hydrogen) atoms. The van der Waals surface area contributed by atoms with Gasteiger partial charge in [-0.2, -0.15) is 5.10 Å². The van der Waals surface area contributed by atoms with Gasteiger partial charge >= 0.3 is 0 Å². The van der Waals surface area contributed by atoms with Crippen LogP contribution in [0.15, 0.2) is 36.5 Å². The number of carbonyl (C=O) groups excluding carboxylic acids is 1. The van der Waals surface area contributed by atoms with Crippen LogP contribution in [0.2, 0.25) is 0 Å². The molecule has 0 saturated carbocycles. The maximum atomic E-state index is 12.6. The molecule has 0 fully saturated rings. The number of anilines is 1.